The van der Waals surface area contributed by atoms with E-state index < -0.39 is 47.6 Å². The molecule has 2 fully saturated rings. The zero-order valence-electron chi connectivity index (χ0n) is 20.7. The molecular formula is C28H29F2N3O3. The van der Waals surface area contributed by atoms with Gasteiger partial charge in [-0.2, -0.15) is 0 Å². The molecule has 0 radical (unpaired) electrons. The maximum Gasteiger partial charge on any atom is 0.313 e. The Labute approximate surface area is 208 Å². The Hall–Kier alpha value is -3.42. The average molecular weight is 494 g/mol. The number of carbonyl (C=O) groups excluding carboxylic acids is 1. The van der Waals surface area contributed by atoms with Crippen LogP contribution >= 0.6 is 0 Å². The Morgan fingerprint density at radius 2 is 1.89 bits per heavy atom. The van der Waals surface area contributed by atoms with E-state index in [1.54, 1.807) is 39.1 Å². The quantitative estimate of drug-likeness (QED) is 0.415. The topological polar surface area (TPSA) is 78.1 Å². The van der Waals surface area contributed by atoms with E-state index >= 15 is 8.78 Å². The number of carbonyl (C=O) groups is 1. The number of aryl methyl sites for hydroxylation is 2. The summed E-state index contributed by atoms with van der Waals surface area (Å²) in [5.41, 5.74) is 2.45. The molecule has 1 aliphatic carbocycles. The Balaban J connectivity index is 1.47. The molecule has 1 aromatic carbocycles. The third-order valence-electron chi connectivity index (χ3n) is 7.82. The molecule has 8 heteroatoms. The molecule has 3 aromatic rings. The standard InChI is InChI=1S/C28H29F2N3O3/c1-16-7-5-6-8-22(16)20-9-10-21(31-14-20)11-12-23-17(2)28(29,30)15-27(13-24-33-32-19(4)36-24)25(23)18(3)35-26(27)34/h5-12,14,17-18,23,25H,13,15H2,1-4H3/b12-11+/t17-,18+,23-,25-,27+/m0/s1. The lowest BCUT2D eigenvalue weighted by Gasteiger charge is -2.47. The number of rotatable bonds is 5. The summed E-state index contributed by atoms with van der Waals surface area (Å²) in [5, 5.41) is 7.79. The number of halogens is 2. The number of aromatic nitrogens is 3. The molecule has 3 heterocycles. The maximum absolute atomic E-state index is 15.4. The number of allylic oxidation sites excluding steroid dienone is 1. The second-order valence-corrected chi connectivity index (χ2v) is 10.1. The highest BCUT2D eigenvalue weighted by Gasteiger charge is 2.68. The van der Waals surface area contributed by atoms with Gasteiger partial charge >= 0.3 is 5.97 Å². The van der Waals surface area contributed by atoms with Crippen LogP contribution in [-0.4, -0.2) is 33.2 Å². The smallest absolute Gasteiger partial charge is 0.313 e. The Morgan fingerprint density at radius 1 is 1.11 bits per heavy atom. The van der Waals surface area contributed by atoms with Crippen LogP contribution in [0.4, 0.5) is 8.78 Å². The van der Waals surface area contributed by atoms with Gasteiger partial charge < -0.3 is 9.15 Å². The highest BCUT2D eigenvalue weighted by atomic mass is 19.3. The maximum atomic E-state index is 15.4. The second kappa shape index (κ2) is 8.91. The minimum Gasteiger partial charge on any atom is -0.462 e. The Morgan fingerprint density at radius 3 is 2.56 bits per heavy atom. The largest absolute Gasteiger partial charge is 0.462 e. The number of ether oxygens (including phenoxy) is 1. The Bertz CT molecular complexity index is 1300. The van der Waals surface area contributed by atoms with Gasteiger partial charge in [-0.1, -0.05) is 43.3 Å². The van der Waals surface area contributed by atoms with Crippen molar-refractivity contribution in [1.29, 1.82) is 0 Å². The summed E-state index contributed by atoms with van der Waals surface area (Å²) in [7, 11) is 0. The van der Waals surface area contributed by atoms with Crippen molar-refractivity contribution in [2.24, 2.45) is 23.2 Å². The van der Waals surface area contributed by atoms with Gasteiger partial charge in [0.25, 0.3) is 5.92 Å². The summed E-state index contributed by atoms with van der Waals surface area (Å²) in [4.78, 5) is 17.6. The van der Waals surface area contributed by atoms with E-state index in [9.17, 15) is 4.79 Å². The predicted molar refractivity (Wildman–Crippen MR) is 130 cm³/mol. The number of fused-ring (bicyclic) bond motifs is 1. The van der Waals surface area contributed by atoms with Crippen LogP contribution in [0.3, 0.4) is 0 Å². The van der Waals surface area contributed by atoms with Crippen LogP contribution in [0.15, 0.2) is 53.1 Å². The molecule has 188 valence electrons. The first-order valence-corrected chi connectivity index (χ1v) is 12.2. The van der Waals surface area contributed by atoms with Gasteiger partial charge in [0, 0.05) is 43.4 Å². The summed E-state index contributed by atoms with van der Waals surface area (Å²) in [6, 6.07) is 11.9. The van der Waals surface area contributed by atoms with Gasteiger partial charge in [0.15, 0.2) is 0 Å². The van der Waals surface area contributed by atoms with E-state index in [0.717, 1.165) is 16.7 Å². The van der Waals surface area contributed by atoms with Gasteiger partial charge in [-0.15, -0.1) is 10.2 Å². The number of benzene rings is 1. The summed E-state index contributed by atoms with van der Waals surface area (Å²) in [6.07, 6.45) is 4.12. The predicted octanol–water partition coefficient (Wildman–Crippen LogP) is 5.84. The van der Waals surface area contributed by atoms with E-state index in [2.05, 4.69) is 15.2 Å². The van der Waals surface area contributed by atoms with E-state index in [4.69, 9.17) is 9.15 Å². The van der Waals surface area contributed by atoms with Crippen LogP contribution in [0, 0.1) is 37.0 Å². The number of pyridine rings is 1. The van der Waals surface area contributed by atoms with Crippen molar-refractivity contribution in [1.82, 2.24) is 15.2 Å². The van der Waals surface area contributed by atoms with Crippen molar-refractivity contribution in [2.45, 2.75) is 52.6 Å². The highest BCUT2D eigenvalue weighted by molar-refractivity contribution is 5.80. The van der Waals surface area contributed by atoms with Crippen molar-refractivity contribution in [3.63, 3.8) is 0 Å². The second-order valence-electron chi connectivity index (χ2n) is 10.1. The molecule has 0 spiro atoms. The van der Waals surface area contributed by atoms with Gasteiger partial charge in [0.1, 0.15) is 6.10 Å². The normalized spacial score (nSPS) is 29.3. The summed E-state index contributed by atoms with van der Waals surface area (Å²) >= 11 is 0. The number of cyclic esters (lactones) is 1. The number of alkyl halides is 2. The Kier molecular flexibility index (Phi) is 6.01. The molecule has 0 unspecified atom stereocenters. The lowest BCUT2D eigenvalue weighted by molar-refractivity contribution is -0.171. The number of nitrogens with zero attached hydrogens (tertiary/aromatic N) is 3. The average Bonchev–Trinajstić information content (AvgIpc) is 3.34. The van der Waals surface area contributed by atoms with Crippen LogP contribution in [0.25, 0.3) is 17.2 Å². The molecule has 2 aromatic heterocycles. The molecule has 0 bridgehead atoms. The highest BCUT2D eigenvalue weighted by Crippen LogP contribution is 2.60. The van der Waals surface area contributed by atoms with Gasteiger partial charge in [-0.25, -0.2) is 8.78 Å². The molecular weight excluding hydrogens is 464 g/mol. The van der Waals surface area contributed by atoms with E-state index in [1.165, 1.54) is 0 Å². The first-order chi connectivity index (χ1) is 17.1. The fraction of sp³-hybridized carbons (Fsp3) is 0.429. The summed E-state index contributed by atoms with van der Waals surface area (Å²) in [6.45, 7) is 6.99. The van der Waals surface area contributed by atoms with Crippen LogP contribution < -0.4 is 0 Å². The molecule has 1 saturated heterocycles. The van der Waals surface area contributed by atoms with Crippen LogP contribution in [0.5, 0.6) is 0 Å². The number of hydrogen-bond acceptors (Lipinski definition) is 6. The molecule has 0 N–H and O–H groups in total. The van der Waals surface area contributed by atoms with Crippen molar-refractivity contribution < 1.29 is 22.7 Å². The summed E-state index contributed by atoms with van der Waals surface area (Å²) < 4.78 is 41.9. The van der Waals surface area contributed by atoms with Gasteiger partial charge in [0.2, 0.25) is 11.8 Å². The molecule has 0 amide bonds. The van der Waals surface area contributed by atoms with E-state index in [0.29, 0.717) is 11.6 Å². The number of esters is 1. The lowest BCUT2D eigenvalue weighted by atomic mass is 9.55. The zero-order valence-corrected chi connectivity index (χ0v) is 20.7. The summed E-state index contributed by atoms with van der Waals surface area (Å²) in [5.74, 6) is -5.27. The van der Waals surface area contributed by atoms with Crippen LogP contribution in [-0.2, 0) is 16.0 Å². The first kappa shape index (κ1) is 24.3. The minimum atomic E-state index is -3.08. The molecule has 5 atom stereocenters. The van der Waals surface area contributed by atoms with Crippen LogP contribution in [0.1, 0.15) is 43.3 Å². The lowest BCUT2D eigenvalue weighted by Crippen LogP contribution is -2.54. The fourth-order valence-electron chi connectivity index (χ4n) is 5.98. The van der Waals surface area contributed by atoms with E-state index in [1.807, 2.05) is 43.3 Å². The molecule has 2 aliphatic rings. The molecule has 5 rings (SSSR count). The van der Waals surface area contributed by atoms with Crippen molar-refractivity contribution in [2.75, 3.05) is 0 Å². The van der Waals surface area contributed by atoms with Gasteiger partial charge in [-0.3, -0.25) is 9.78 Å². The number of hydrogen-bond donors (Lipinski definition) is 0. The SMILES string of the molecule is Cc1nnc(C[C@@]23CC(F)(F)[C@@H](C)[C@H](/C=C/c4ccc(-c5ccccc5C)cn4)[C@@H]2[C@@H](C)OC3=O)o1. The van der Waals surface area contributed by atoms with Crippen molar-refractivity contribution in [3.8, 4) is 11.1 Å². The first-order valence-electron chi connectivity index (χ1n) is 12.2. The molecule has 1 aliphatic heterocycles. The zero-order chi connectivity index (χ0) is 25.7. The van der Waals surface area contributed by atoms with Crippen molar-refractivity contribution >= 4 is 12.0 Å². The van der Waals surface area contributed by atoms with Gasteiger partial charge in [-0.05, 0) is 43.0 Å². The molecule has 36 heavy (non-hydrogen) atoms. The monoisotopic (exact) mass is 493 g/mol. The van der Waals surface area contributed by atoms with E-state index in [-0.39, 0.29) is 12.3 Å². The van der Waals surface area contributed by atoms with Crippen molar-refractivity contribution in [3.05, 3.63) is 71.7 Å². The third-order valence-corrected chi connectivity index (χ3v) is 7.82. The minimum absolute atomic E-state index is 0.0717. The van der Waals surface area contributed by atoms with Gasteiger partial charge in [0.05, 0.1) is 11.1 Å². The fourth-order valence-corrected chi connectivity index (χ4v) is 5.98. The molecule has 6 nitrogen and oxygen atoms in total. The molecule has 1 saturated carbocycles. The van der Waals surface area contributed by atoms with Crippen LogP contribution in [0.2, 0.25) is 0 Å². The third kappa shape index (κ3) is 4.12.